The third-order valence-corrected chi connectivity index (χ3v) is 0.667. The van der Waals surface area contributed by atoms with Crippen molar-refractivity contribution in [1.29, 1.82) is 10.8 Å². The average molecular weight is 224 g/mol. The lowest BCUT2D eigenvalue weighted by Gasteiger charge is -1.69. The van der Waals surface area contributed by atoms with Crippen molar-refractivity contribution >= 4 is 12.2 Å². The molecule has 90 valence electrons. The normalized spacial score (nSPS) is 4.75. The Hall–Kier alpha value is -2.02. The molecular weight excluding hydrogens is 204 g/mol. The number of hydrogen-bond acceptors (Lipinski definition) is 4. The zero-order valence-electron chi connectivity index (χ0n) is 10.3. The summed E-state index contributed by atoms with van der Waals surface area (Å²) in [7, 11) is 0. The lowest BCUT2D eigenvalue weighted by atomic mass is 10.4. The van der Waals surface area contributed by atoms with Crippen molar-refractivity contribution in [1.82, 2.24) is 0 Å². The van der Waals surface area contributed by atoms with Crippen LogP contribution in [0.25, 0.3) is 0 Å². The minimum Gasteiger partial charge on any atom is -0.222 e. The van der Waals surface area contributed by atoms with E-state index in [0.29, 0.717) is 0 Å². The highest BCUT2D eigenvalue weighted by atomic mass is 16.1. The molecule has 2 N–H and O–H groups in total. The van der Waals surface area contributed by atoms with Crippen LogP contribution in [0.4, 0.5) is 0 Å². The SMILES string of the molecule is CC.CC.N=C=O.N=C=O.c1ccccc1. The van der Waals surface area contributed by atoms with Gasteiger partial charge in [-0.3, -0.25) is 0 Å². The van der Waals surface area contributed by atoms with Gasteiger partial charge < -0.3 is 0 Å². The first-order valence-corrected chi connectivity index (χ1v) is 4.91. The van der Waals surface area contributed by atoms with Gasteiger partial charge in [-0.05, 0) is 0 Å². The molecule has 4 nitrogen and oxygen atoms in total. The fourth-order valence-corrected chi connectivity index (χ4v) is 0.385. The van der Waals surface area contributed by atoms with E-state index in [-0.39, 0.29) is 0 Å². The van der Waals surface area contributed by atoms with Gasteiger partial charge in [0.05, 0.1) is 0 Å². The van der Waals surface area contributed by atoms with Crippen molar-refractivity contribution in [3.8, 4) is 0 Å². The Bertz CT molecular complexity index is 198. The summed E-state index contributed by atoms with van der Waals surface area (Å²) < 4.78 is 0. The molecule has 16 heavy (non-hydrogen) atoms. The molecule has 0 radical (unpaired) electrons. The summed E-state index contributed by atoms with van der Waals surface area (Å²) in [6, 6.07) is 12.0. The van der Waals surface area contributed by atoms with Crippen LogP contribution in [0.3, 0.4) is 0 Å². The van der Waals surface area contributed by atoms with Crippen molar-refractivity contribution in [3.05, 3.63) is 36.4 Å². The molecule has 0 aliphatic carbocycles. The maximum Gasteiger partial charge on any atom is 0.231 e. The highest BCUT2D eigenvalue weighted by Gasteiger charge is 1.57. The Morgan fingerprint density at radius 1 is 0.625 bits per heavy atom. The summed E-state index contributed by atoms with van der Waals surface area (Å²) in [5, 5.41) is 10.8. The van der Waals surface area contributed by atoms with E-state index >= 15 is 0 Å². The lowest BCUT2D eigenvalue weighted by molar-refractivity contribution is 0.562. The zero-order valence-corrected chi connectivity index (χ0v) is 10.3. The smallest absolute Gasteiger partial charge is 0.222 e. The van der Waals surface area contributed by atoms with E-state index in [1.807, 2.05) is 64.1 Å². The summed E-state index contributed by atoms with van der Waals surface area (Å²) in [4.78, 5) is 16.7. The number of benzene rings is 1. The van der Waals surface area contributed by atoms with Gasteiger partial charge in [-0.25, -0.2) is 20.4 Å². The molecule has 0 amide bonds. The van der Waals surface area contributed by atoms with Gasteiger partial charge in [0.15, 0.2) is 0 Å². The van der Waals surface area contributed by atoms with E-state index in [1.165, 1.54) is 0 Å². The van der Waals surface area contributed by atoms with Crippen LogP contribution < -0.4 is 0 Å². The van der Waals surface area contributed by atoms with E-state index < -0.39 is 0 Å². The molecule has 0 aromatic heterocycles. The molecule has 1 rings (SSSR count). The number of nitrogens with one attached hydrogen (secondary N) is 2. The van der Waals surface area contributed by atoms with Crippen molar-refractivity contribution in [2.75, 3.05) is 0 Å². The standard InChI is InChI=1S/C6H6.2C2H6.2CHNO/c1-2-4-6-5-3-1;2*1-2;2*2-1-3/h1-6H;2*1-2H3;2*2H. The largest absolute Gasteiger partial charge is 0.231 e. The van der Waals surface area contributed by atoms with Gasteiger partial charge in [-0.15, -0.1) is 0 Å². The summed E-state index contributed by atoms with van der Waals surface area (Å²) >= 11 is 0. The zero-order chi connectivity index (χ0) is 13.7. The average Bonchev–Trinajstić information content (AvgIpc) is 2.38. The maximum absolute atomic E-state index is 8.35. The molecule has 0 atom stereocenters. The molecule has 0 aliphatic heterocycles. The Kier molecular flexibility index (Phi) is 77.0. The van der Waals surface area contributed by atoms with Gasteiger partial charge in [0.2, 0.25) is 12.2 Å². The van der Waals surface area contributed by atoms with Crippen LogP contribution in [0.2, 0.25) is 0 Å². The third kappa shape index (κ3) is 91.2. The molecule has 0 heterocycles. The van der Waals surface area contributed by atoms with Gasteiger partial charge in [0.1, 0.15) is 0 Å². The Balaban J connectivity index is -0.0000000630. The first-order valence-electron chi connectivity index (χ1n) is 4.91. The second-order valence-electron chi connectivity index (χ2n) is 1.36. The maximum atomic E-state index is 8.35. The number of rotatable bonds is 0. The molecular formula is C12H20N2O2. The highest BCUT2D eigenvalue weighted by Crippen LogP contribution is 1.79. The lowest BCUT2D eigenvalue weighted by Crippen LogP contribution is -1.47. The number of isocyanates is 2. The van der Waals surface area contributed by atoms with E-state index in [2.05, 4.69) is 0 Å². The van der Waals surface area contributed by atoms with Crippen LogP contribution in [-0.4, -0.2) is 12.2 Å². The quantitative estimate of drug-likeness (QED) is 0.522. The highest BCUT2D eigenvalue weighted by molar-refractivity contribution is 5.26. The summed E-state index contributed by atoms with van der Waals surface area (Å²) in [6.45, 7) is 8.00. The molecule has 0 aliphatic rings. The van der Waals surface area contributed by atoms with E-state index in [1.54, 1.807) is 0 Å². The molecule has 4 heteroatoms. The molecule has 0 saturated carbocycles. The summed E-state index contributed by atoms with van der Waals surface area (Å²) in [6.07, 6.45) is 1.50. The Morgan fingerprint density at radius 3 is 0.750 bits per heavy atom. The molecule has 1 aromatic carbocycles. The van der Waals surface area contributed by atoms with Crippen molar-refractivity contribution in [2.24, 2.45) is 0 Å². The molecule has 0 bridgehead atoms. The first-order chi connectivity index (χ1) is 7.83. The van der Waals surface area contributed by atoms with E-state index in [0.717, 1.165) is 12.2 Å². The minimum absolute atomic E-state index is 0.750. The van der Waals surface area contributed by atoms with Gasteiger partial charge in [0.25, 0.3) is 0 Å². The van der Waals surface area contributed by atoms with Crippen LogP contribution >= 0.6 is 0 Å². The van der Waals surface area contributed by atoms with Gasteiger partial charge >= 0.3 is 0 Å². The van der Waals surface area contributed by atoms with Crippen LogP contribution in [0.15, 0.2) is 36.4 Å². The minimum atomic E-state index is 0.750. The molecule has 0 unspecified atom stereocenters. The van der Waals surface area contributed by atoms with E-state index in [4.69, 9.17) is 20.4 Å². The summed E-state index contributed by atoms with van der Waals surface area (Å²) in [5.74, 6) is 0. The second-order valence-corrected chi connectivity index (χ2v) is 1.36. The predicted octanol–water partition coefficient (Wildman–Crippen LogP) is 3.54. The molecule has 0 saturated heterocycles. The fraction of sp³-hybridized carbons (Fsp3) is 0.333. The van der Waals surface area contributed by atoms with Crippen molar-refractivity contribution in [2.45, 2.75) is 27.7 Å². The van der Waals surface area contributed by atoms with E-state index in [9.17, 15) is 0 Å². The Labute approximate surface area is 97.3 Å². The third-order valence-electron chi connectivity index (χ3n) is 0.667. The van der Waals surface area contributed by atoms with Crippen molar-refractivity contribution in [3.63, 3.8) is 0 Å². The Morgan fingerprint density at radius 2 is 0.688 bits per heavy atom. The monoisotopic (exact) mass is 224 g/mol. The molecule has 0 spiro atoms. The van der Waals surface area contributed by atoms with Gasteiger partial charge in [-0.1, -0.05) is 64.1 Å². The van der Waals surface area contributed by atoms with Gasteiger partial charge in [-0.2, -0.15) is 0 Å². The first kappa shape index (κ1) is 23.6. The van der Waals surface area contributed by atoms with Crippen LogP contribution in [0, 0.1) is 10.8 Å². The fourth-order valence-electron chi connectivity index (χ4n) is 0.385. The van der Waals surface area contributed by atoms with Crippen molar-refractivity contribution < 1.29 is 9.59 Å². The second kappa shape index (κ2) is 52.1. The molecule has 1 aromatic rings. The summed E-state index contributed by atoms with van der Waals surface area (Å²) in [5.41, 5.74) is 0. The number of hydrogen-bond donors (Lipinski definition) is 2. The predicted molar refractivity (Wildman–Crippen MR) is 66.0 cm³/mol. The van der Waals surface area contributed by atoms with Crippen LogP contribution in [0.5, 0.6) is 0 Å². The van der Waals surface area contributed by atoms with Crippen LogP contribution in [-0.2, 0) is 9.59 Å². The molecule has 0 fully saturated rings. The van der Waals surface area contributed by atoms with Crippen LogP contribution in [0.1, 0.15) is 27.7 Å². The van der Waals surface area contributed by atoms with Gasteiger partial charge in [0, 0.05) is 0 Å². The number of carbonyl (C=O) groups excluding carboxylic acids is 2. The topological polar surface area (TPSA) is 81.8 Å².